The van der Waals surface area contributed by atoms with Crippen LogP contribution in [0.25, 0.3) is 10.9 Å². The Labute approximate surface area is 148 Å². The number of hydrogen-bond acceptors (Lipinski definition) is 3. The van der Waals surface area contributed by atoms with Crippen LogP contribution < -0.4 is 0 Å². The van der Waals surface area contributed by atoms with E-state index in [2.05, 4.69) is 47.2 Å². The van der Waals surface area contributed by atoms with Crippen molar-refractivity contribution in [3.8, 4) is 0 Å². The summed E-state index contributed by atoms with van der Waals surface area (Å²) in [6.45, 7) is 4.24. The van der Waals surface area contributed by atoms with Crippen LogP contribution in [0, 0.1) is 0 Å². The number of hydrogen-bond donors (Lipinski definition) is 1. The van der Waals surface area contributed by atoms with E-state index >= 15 is 0 Å². The van der Waals surface area contributed by atoms with Crippen LogP contribution in [0.2, 0.25) is 0 Å². The molecule has 4 heteroatoms. The standard InChI is InChI=1S/C21H26N2O2/c1-3-21-11-6-7-12-23(21)13-10-16-15-8-4-5-9-18(15)22-19(16)17(14-21)20(24)25-2/h4-9,17,22H,3,10-14H2,1-2H3. The monoisotopic (exact) mass is 338 g/mol. The van der Waals surface area contributed by atoms with Gasteiger partial charge in [0.05, 0.1) is 13.0 Å². The van der Waals surface area contributed by atoms with Crippen molar-refractivity contribution in [3.63, 3.8) is 0 Å². The highest BCUT2D eigenvalue weighted by molar-refractivity contribution is 5.88. The molecular weight excluding hydrogens is 312 g/mol. The van der Waals surface area contributed by atoms with Crippen LogP contribution in [0.5, 0.6) is 0 Å². The van der Waals surface area contributed by atoms with Crippen LogP contribution >= 0.6 is 0 Å². The zero-order valence-electron chi connectivity index (χ0n) is 15.0. The van der Waals surface area contributed by atoms with Gasteiger partial charge in [0, 0.05) is 35.2 Å². The Morgan fingerprint density at radius 2 is 2.20 bits per heavy atom. The molecule has 0 saturated heterocycles. The number of methoxy groups -OCH3 is 1. The molecule has 0 spiro atoms. The zero-order valence-corrected chi connectivity index (χ0v) is 15.0. The van der Waals surface area contributed by atoms with Gasteiger partial charge >= 0.3 is 5.97 Å². The Bertz CT molecular complexity index is 822. The van der Waals surface area contributed by atoms with Crippen molar-refractivity contribution in [2.75, 3.05) is 20.2 Å². The molecule has 1 N–H and O–H groups in total. The number of ether oxygens (including phenoxy) is 1. The fourth-order valence-electron chi connectivity index (χ4n) is 4.74. The first-order valence-corrected chi connectivity index (χ1v) is 9.26. The van der Waals surface area contributed by atoms with Crippen LogP contribution in [0.15, 0.2) is 36.4 Å². The predicted molar refractivity (Wildman–Crippen MR) is 99.7 cm³/mol. The molecule has 2 aliphatic heterocycles. The largest absolute Gasteiger partial charge is 0.469 e. The maximum absolute atomic E-state index is 12.7. The Kier molecular flexibility index (Phi) is 4.16. The van der Waals surface area contributed by atoms with Gasteiger partial charge in [0.25, 0.3) is 0 Å². The van der Waals surface area contributed by atoms with Gasteiger partial charge in [0.15, 0.2) is 0 Å². The number of fused-ring (bicyclic) bond motifs is 4. The summed E-state index contributed by atoms with van der Waals surface area (Å²) in [5.74, 6) is -0.362. The van der Waals surface area contributed by atoms with E-state index < -0.39 is 0 Å². The molecule has 25 heavy (non-hydrogen) atoms. The third kappa shape index (κ3) is 2.60. The van der Waals surface area contributed by atoms with E-state index in [4.69, 9.17) is 4.74 Å². The van der Waals surface area contributed by atoms with Gasteiger partial charge in [-0.25, -0.2) is 0 Å². The number of carbonyl (C=O) groups excluding carboxylic acids is 1. The quantitative estimate of drug-likeness (QED) is 0.669. The molecule has 0 aliphatic carbocycles. The van der Waals surface area contributed by atoms with E-state index in [9.17, 15) is 4.79 Å². The summed E-state index contributed by atoms with van der Waals surface area (Å²) in [5, 5.41) is 1.24. The molecule has 0 amide bonds. The van der Waals surface area contributed by atoms with Gasteiger partial charge in [-0.3, -0.25) is 9.69 Å². The third-order valence-electron chi connectivity index (χ3n) is 6.22. The highest BCUT2D eigenvalue weighted by Crippen LogP contribution is 2.42. The highest BCUT2D eigenvalue weighted by atomic mass is 16.5. The van der Waals surface area contributed by atoms with E-state index in [-0.39, 0.29) is 17.4 Å². The average molecular weight is 338 g/mol. The first-order chi connectivity index (χ1) is 12.2. The van der Waals surface area contributed by atoms with E-state index in [1.807, 2.05) is 6.07 Å². The summed E-state index contributed by atoms with van der Waals surface area (Å²) < 4.78 is 5.21. The van der Waals surface area contributed by atoms with Crippen LogP contribution in [0.1, 0.15) is 43.4 Å². The molecule has 2 unspecified atom stereocenters. The molecule has 2 aliphatic rings. The summed E-state index contributed by atoms with van der Waals surface area (Å²) in [6, 6.07) is 8.37. The topological polar surface area (TPSA) is 45.3 Å². The maximum Gasteiger partial charge on any atom is 0.314 e. The minimum atomic E-state index is -0.235. The molecule has 132 valence electrons. The first kappa shape index (κ1) is 16.4. The minimum absolute atomic E-state index is 0.0442. The van der Waals surface area contributed by atoms with Crippen molar-refractivity contribution in [1.82, 2.24) is 9.88 Å². The number of benzene rings is 1. The second kappa shape index (κ2) is 6.34. The SMILES string of the molecule is CCC12CC=CCN1CCc1c([nH]c3ccccc13)C(C(=O)OC)C2. The van der Waals surface area contributed by atoms with E-state index in [1.165, 1.54) is 18.1 Å². The summed E-state index contributed by atoms with van der Waals surface area (Å²) in [5.41, 5.74) is 3.51. The minimum Gasteiger partial charge on any atom is -0.469 e. The number of H-pyrrole nitrogens is 1. The Morgan fingerprint density at radius 1 is 1.36 bits per heavy atom. The van der Waals surface area contributed by atoms with E-state index in [0.717, 1.165) is 50.0 Å². The number of para-hydroxylation sites is 1. The van der Waals surface area contributed by atoms with Gasteiger partial charge in [-0.1, -0.05) is 37.3 Å². The molecule has 4 rings (SSSR count). The van der Waals surface area contributed by atoms with Gasteiger partial charge in [-0.15, -0.1) is 0 Å². The molecule has 2 atom stereocenters. The second-order valence-corrected chi connectivity index (χ2v) is 7.29. The molecule has 1 aromatic heterocycles. The molecule has 0 saturated carbocycles. The number of aromatic nitrogens is 1. The zero-order chi connectivity index (χ0) is 17.4. The average Bonchev–Trinajstić information content (AvgIpc) is 3.00. The lowest BCUT2D eigenvalue weighted by molar-refractivity contribution is -0.143. The molecule has 1 aromatic carbocycles. The predicted octanol–water partition coefficient (Wildman–Crippen LogP) is 3.78. The Balaban J connectivity index is 1.87. The molecule has 3 heterocycles. The maximum atomic E-state index is 12.7. The number of nitrogens with zero attached hydrogens (tertiary/aromatic N) is 1. The van der Waals surface area contributed by atoms with Crippen LogP contribution in [0.3, 0.4) is 0 Å². The lowest BCUT2D eigenvalue weighted by Crippen LogP contribution is -2.53. The van der Waals surface area contributed by atoms with Gasteiger partial charge in [0.2, 0.25) is 0 Å². The fraction of sp³-hybridized carbons (Fsp3) is 0.476. The van der Waals surface area contributed by atoms with Crippen molar-refractivity contribution >= 4 is 16.9 Å². The van der Waals surface area contributed by atoms with Gasteiger partial charge in [-0.2, -0.15) is 0 Å². The molecular formula is C21H26N2O2. The summed E-state index contributed by atoms with van der Waals surface area (Å²) in [7, 11) is 1.50. The highest BCUT2D eigenvalue weighted by Gasteiger charge is 2.43. The molecule has 0 radical (unpaired) electrons. The van der Waals surface area contributed by atoms with Gasteiger partial charge in [-0.05, 0) is 37.3 Å². The second-order valence-electron chi connectivity index (χ2n) is 7.29. The first-order valence-electron chi connectivity index (χ1n) is 9.26. The van der Waals surface area contributed by atoms with Crippen molar-refractivity contribution in [2.24, 2.45) is 0 Å². The number of nitrogens with one attached hydrogen (secondary N) is 1. The summed E-state index contributed by atoms with van der Waals surface area (Å²) >= 11 is 0. The Morgan fingerprint density at radius 3 is 3.00 bits per heavy atom. The summed E-state index contributed by atoms with van der Waals surface area (Å²) in [6.07, 6.45) is 8.36. The number of esters is 1. The molecule has 2 aromatic rings. The molecule has 0 fully saturated rings. The Hall–Kier alpha value is -2.07. The van der Waals surface area contributed by atoms with Crippen molar-refractivity contribution in [1.29, 1.82) is 0 Å². The fourth-order valence-corrected chi connectivity index (χ4v) is 4.74. The summed E-state index contributed by atoms with van der Waals surface area (Å²) in [4.78, 5) is 18.9. The number of carbonyl (C=O) groups is 1. The van der Waals surface area contributed by atoms with Gasteiger partial charge in [0.1, 0.15) is 0 Å². The normalized spacial score (nSPS) is 26.6. The van der Waals surface area contributed by atoms with E-state index in [0.29, 0.717) is 0 Å². The van der Waals surface area contributed by atoms with E-state index in [1.54, 1.807) is 0 Å². The van der Waals surface area contributed by atoms with Crippen LogP contribution in [0.4, 0.5) is 0 Å². The van der Waals surface area contributed by atoms with Crippen LogP contribution in [-0.2, 0) is 16.0 Å². The lowest BCUT2D eigenvalue weighted by atomic mass is 9.76. The van der Waals surface area contributed by atoms with Gasteiger partial charge < -0.3 is 9.72 Å². The molecule has 4 nitrogen and oxygen atoms in total. The lowest BCUT2D eigenvalue weighted by Gasteiger charge is -2.47. The van der Waals surface area contributed by atoms with Crippen molar-refractivity contribution < 1.29 is 9.53 Å². The number of aromatic amines is 1. The third-order valence-corrected chi connectivity index (χ3v) is 6.22. The van der Waals surface area contributed by atoms with Crippen LogP contribution in [-0.4, -0.2) is 41.6 Å². The van der Waals surface area contributed by atoms with Crippen molar-refractivity contribution in [2.45, 2.75) is 44.1 Å². The molecule has 0 bridgehead atoms. The van der Waals surface area contributed by atoms with Crippen molar-refractivity contribution in [3.05, 3.63) is 47.7 Å². The smallest absolute Gasteiger partial charge is 0.314 e. The number of rotatable bonds is 2.